The van der Waals surface area contributed by atoms with Gasteiger partial charge in [-0.05, 0) is 12.8 Å². The van der Waals surface area contributed by atoms with E-state index in [1.54, 1.807) is 0 Å². The molecule has 0 radical (unpaired) electrons. The topological polar surface area (TPSA) is 285 Å². The number of aromatic nitrogens is 4. The van der Waals surface area contributed by atoms with Crippen LogP contribution in [0.4, 0.5) is 5.95 Å². The minimum absolute atomic E-state index is 0.0546. The number of ether oxygens (including phenoxy) is 3. The van der Waals surface area contributed by atoms with E-state index < -0.39 is 33.9 Å². The number of aromatic amines is 1. The lowest BCUT2D eigenvalue weighted by Crippen LogP contribution is -2.28. The molecule has 19 nitrogen and oxygen atoms in total. The fraction of sp³-hybridized carbons (Fsp3) is 0.837. The van der Waals surface area contributed by atoms with Gasteiger partial charge in [-0.2, -0.15) is 9.29 Å². The van der Waals surface area contributed by atoms with Crippen molar-refractivity contribution in [2.24, 2.45) is 0 Å². The molecular weight excluding hydrogens is 872 g/mol. The molecule has 0 fully saturated rings. The second-order valence-electron chi connectivity index (χ2n) is 16.2. The summed E-state index contributed by atoms with van der Waals surface area (Å²) in [6, 6.07) is 0. The molecule has 372 valence electrons. The zero-order chi connectivity index (χ0) is 47.3. The molecule has 0 aliphatic heterocycles. The minimum Gasteiger partial charge on any atom is -0.462 e. The number of phosphoric ester groups is 1. The van der Waals surface area contributed by atoms with Crippen molar-refractivity contribution in [3.05, 3.63) is 16.7 Å². The zero-order valence-corrected chi connectivity index (χ0v) is 40.5. The van der Waals surface area contributed by atoms with Gasteiger partial charge in [0.2, 0.25) is 5.95 Å². The van der Waals surface area contributed by atoms with Gasteiger partial charge in [-0.3, -0.25) is 28.5 Å². The number of nitrogens with two attached hydrogens (primary N) is 1. The van der Waals surface area contributed by atoms with Crippen LogP contribution in [0.1, 0.15) is 194 Å². The predicted molar refractivity (Wildman–Crippen MR) is 246 cm³/mol. The van der Waals surface area contributed by atoms with Crippen LogP contribution in [0.15, 0.2) is 11.1 Å². The summed E-state index contributed by atoms with van der Waals surface area (Å²) in [7, 11) is -10.1. The summed E-state index contributed by atoms with van der Waals surface area (Å²) in [4.78, 5) is 71.5. The Labute approximate surface area is 380 Å². The molecule has 64 heavy (non-hydrogen) atoms. The van der Waals surface area contributed by atoms with Crippen molar-refractivity contribution in [1.29, 1.82) is 0 Å². The maximum Gasteiger partial charge on any atom is 0.481 e. The first-order valence-corrected chi connectivity index (χ1v) is 26.7. The van der Waals surface area contributed by atoms with Crippen molar-refractivity contribution < 1.29 is 61.6 Å². The summed E-state index contributed by atoms with van der Waals surface area (Å²) in [6.45, 7) is 3.29. The number of imidazole rings is 1. The molecule has 2 unspecified atom stereocenters. The summed E-state index contributed by atoms with van der Waals surface area (Å²) in [5.41, 5.74) is 5.13. The first-order valence-electron chi connectivity index (χ1n) is 23.7. The van der Waals surface area contributed by atoms with Crippen molar-refractivity contribution >= 4 is 44.7 Å². The molecule has 7 N–H and O–H groups in total. The predicted octanol–water partition coefficient (Wildman–Crippen LogP) is 9.30. The molecule has 2 heterocycles. The molecule has 0 saturated heterocycles. The second-order valence-corrected chi connectivity index (χ2v) is 19.0. The Hall–Kier alpha value is -2.73. The molecule has 2 aromatic rings. The SMILES string of the molecule is CCCCCCCCCCCCCCCC(=O)OCC(CO)OC(=O)CCCCCCCCCCCCCCC.Nc1nc2c(ncn2COCCOP(=O)(O)OP(=O)(O)O)c(=O)[nH]1. The molecule has 0 amide bonds. The van der Waals surface area contributed by atoms with Crippen LogP contribution in [0.3, 0.4) is 0 Å². The monoisotopic (exact) mass is 954 g/mol. The fourth-order valence-electron chi connectivity index (χ4n) is 6.80. The van der Waals surface area contributed by atoms with Crippen LogP contribution < -0.4 is 11.3 Å². The lowest BCUT2D eigenvalue weighted by atomic mass is 10.0. The Morgan fingerprint density at radius 2 is 1.17 bits per heavy atom. The van der Waals surface area contributed by atoms with Crippen molar-refractivity contribution in [3.8, 4) is 0 Å². The summed E-state index contributed by atoms with van der Waals surface area (Å²) >= 11 is 0. The molecule has 0 aliphatic rings. The van der Waals surface area contributed by atoms with Crippen LogP contribution in [0.5, 0.6) is 0 Å². The average molecular weight is 954 g/mol. The highest BCUT2D eigenvalue weighted by Gasteiger charge is 2.32. The third-order valence-electron chi connectivity index (χ3n) is 10.3. The van der Waals surface area contributed by atoms with Gasteiger partial charge in [-0.15, -0.1) is 0 Å². The number of esters is 2. The highest BCUT2D eigenvalue weighted by Crippen LogP contribution is 2.57. The van der Waals surface area contributed by atoms with Gasteiger partial charge in [-0.25, -0.2) is 14.1 Å². The van der Waals surface area contributed by atoms with E-state index in [9.17, 15) is 28.6 Å². The number of anilines is 1. The largest absolute Gasteiger partial charge is 0.481 e. The number of nitrogens with zero attached hydrogens (tertiary/aromatic N) is 3. The maximum atomic E-state index is 12.1. The fourth-order valence-corrected chi connectivity index (χ4v) is 8.37. The highest BCUT2D eigenvalue weighted by atomic mass is 31.3. The van der Waals surface area contributed by atoms with Crippen LogP contribution >= 0.6 is 15.6 Å². The number of unbranched alkanes of at least 4 members (excludes halogenated alkanes) is 24. The number of rotatable bonds is 40. The molecule has 2 atom stereocenters. The number of aliphatic hydroxyl groups is 1. The number of carbonyl (C=O) groups excluding carboxylic acids is 2. The Bertz CT molecular complexity index is 1660. The Kier molecular flexibility index (Phi) is 34.6. The number of aliphatic hydroxyl groups excluding tert-OH is 1. The van der Waals surface area contributed by atoms with Crippen molar-refractivity contribution in [2.75, 3.05) is 32.2 Å². The maximum absolute atomic E-state index is 12.1. The molecule has 0 bridgehead atoms. The lowest BCUT2D eigenvalue weighted by Gasteiger charge is -2.15. The Balaban J connectivity index is 0.000000720. The zero-order valence-electron chi connectivity index (χ0n) is 38.7. The van der Waals surface area contributed by atoms with E-state index in [2.05, 4.69) is 37.6 Å². The van der Waals surface area contributed by atoms with E-state index in [1.165, 1.54) is 146 Å². The normalized spacial score (nSPS) is 13.0. The number of hydrogen-bond donors (Lipinski definition) is 6. The van der Waals surface area contributed by atoms with Crippen LogP contribution in [-0.2, 0) is 48.5 Å². The number of fused-ring (bicyclic) bond motifs is 1. The summed E-state index contributed by atoms with van der Waals surface area (Å²) in [6.07, 6.45) is 34.2. The molecule has 21 heteroatoms. The van der Waals surface area contributed by atoms with Crippen molar-refractivity contribution in [3.63, 3.8) is 0 Å². The van der Waals surface area contributed by atoms with Crippen LogP contribution in [-0.4, -0.2) is 83.8 Å². The van der Waals surface area contributed by atoms with Gasteiger partial charge in [-0.1, -0.05) is 168 Å². The van der Waals surface area contributed by atoms with E-state index in [0.29, 0.717) is 12.8 Å². The smallest absolute Gasteiger partial charge is 0.462 e. The van der Waals surface area contributed by atoms with Crippen LogP contribution in [0, 0.1) is 0 Å². The highest BCUT2D eigenvalue weighted by molar-refractivity contribution is 7.60. The quantitative estimate of drug-likeness (QED) is 0.0206. The van der Waals surface area contributed by atoms with E-state index in [4.69, 9.17) is 34.6 Å². The third-order valence-corrected chi connectivity index (χ3v) is 12.5. The van der Waals surface area contributed by atoms with E-state index in [1.807, 2.05) is 0 Å². The van der Waals surface area contributed by atoms with Gasteiger partial charge < -0.3 is 39.7 Å². The molecule has 0 aliphatic carbocycles. The number of nitrogens with one attached hydrogen (secondary N) is 1. The Morgan fingerprint density at radius 1 is 0.719 bits per heavy atom. The first-order chi connectivity index (χ1) is 30.7. The number of carbonyl (C=O) groups is 2. The lowest BCUT2D eigenvalue weighted by molar-refractivity contribution is -0.161. The van der Waals surface area contributed by atoms with Crippen molar-refractivity contribution in [1.82, 2.24) is 19.5 Å². The average Bonchev–Trinajstić information content (AvgIpc) is 3.64. The van der Waals surface area contributed by atoms with Gasteiger partial charge in [0.25, 0.3) is 5.56 Å². The molecule has 0 saturated carbocycles. The molecule has 0 aromatic carbocycles. The van der Waals surface area contributed by atoms with Crippen LogP contribution in [0.2, 0.25) is 0 Å². The van der Waals surface area contributed by atoms with Gasteiger partial charge in [0, 0.05) is 12.8 Å². The molecule has 0 spiro atoms. The molecule has 2 aromatic heterocycles. The van der Waals surface area contributed by atoms with E-state index in [-0.39, 0.29) is 55.6 Å². The third kappa shape index (κ3) is 32.8. The van der Waals surface area contributed by atoms with Gasteiger partial charge in [0.1, 0.15) is 13.3 Å². The van der Waals surface area contributed by atoms with Gasteiger partial charge in [0.15, 0.2) is 17.3 Å². The summed E-state index contributed by atoms with van der Waals surface area (Å²) < 4.78 is 46.5. The Morgan fingerprint density at radius 3 is 1.62 bits per heavy atom. The number of H-pyrrole nitrogens is 1. The summed E-state index contributed by atoms with van der Waals surface area (Å²) in [5.74, 6) is -0.683. The van der Waals surface area contributed by atoms with Crippen molar-refractivity contribution in [2.45, 2.75) is 206 Å². The molecule has 2 rings (SSSR count). The standard InChI is InChI=1S/C35H68O5.C8H13N5O9P2/c1-3-5-7-9-11-13-15-17-19-21-23-25-27-29-34(37)39-32-33(31-36)40-35(38)30-28-26-24-22-20-18-16-14-12-10-8-6-4-2;9-8-11-6-5(7(14)12-8)10-3-13(6)4-20-1-2-21-24(18,19)22-23(15,16)17/h33,36H,3-32H2,1-2H3;3H,1-2,4H2,(H,18,19)(H2,15,16,17)(H3,9,11,12,14). The second kappa shape index (κ2) is 37.4. The van der Waals surface area contributed by atoms with Gasteiger partial charge in [0.05, 0.1) is 26.1 Å². The number of nitrogen functional groups attached to an aromatic ring is 1. The van der Waals surface area contributed by atoms with Gasteiger partial charge >= 0.3 is 27.6 Å². The number of phosphoric acid groups is 2. The molecular formula is C43H81N5O14P2. The summed E-state index contributed by atoms with van der Waals surface area (Å²) in [5, 5.41) is 9.50. The van der Waals surface area contributed by atoms with E-state index >= 15 is 0 Å². The minimum atomic E-state index is -5.16. The first kappa shape index (κ1) is 59.3. The van der Waals surface area contributed by atoms with E-state index in [0.717, 1.165) is 32.1 Å². The number of hydrogen-bond acceptors (Lipinski definition) is 14. The van der Waals surface area contributed by atoms with Crippen LogP contribution in [0.25, 0.3) is 11.2 Å².